The van der Waals surface area contributed by atoms with Crippen LogP contribution in [0.1, 0.15) is 31.2 Å². The Morgan fingerprint density at radius 1 is 1.19 bits per heavy atom. The normalized spacial score (nSPS) is 20.0. The maximum Gasteiger partial charge on any atom is 0.415 e. The number of ether oxygens (including phenoxy) is 1. The lowest BCUT2D eigenvalue weighted by molar-refractivity contribution is 0.129. The van der Waals surface area contributed by atoms with Crippen molar-refractivity contribution in [1.29, 1.82) is 0 Å². The van der Waals surface area contributed by atoms with Crippen molar-refractivity contribution in [3.63, 3.8) is 0 Å². The number of rotatable bonds is 4. The zero-order valence-electron chi connectivity index (χ0n) is 15.4. The summed E-state index contributed by atoms with van der Waals surface area (Å²) < 4.78 is 31.8. The van der Waals surface area contributed by atoms with Crippen molar-refractivity contribution in [2.75, 3.05) is 19.9 Å². The smallest absolute Gasteiger partial charge is 0.410 e. The van der Waals surface area contributed by atoms with Crippen LogP contribution in [-0.2, 0) is 14.3 Å². The van der Waals surface area contributed by atoms with Gasteiger partial charge >= 0.3 is 6.09 Å². The lowest BCUT2D eigenvalue weighted by Gasteiger charge is -2.32. The van der Waals surface area contributed by atoms with Crippen LogP contribution in [0.3, 0.4) is 0 Å². The Morgan fingerprint density at radius 2 is 1.81 bits per heavy atom. The summed E-state index contributed by atoms with van der Waals surface area (Å²) in [6, 6.07) is 7.50. The third-order valence-corrected chi connectivity index (χ3v) is 4.96. The zero-order valence-corrected chi connectivity index (χ0v) is 16.2. The molecular weight excluding hydrogens is 354 g/mol. The van der Waals surface area contributed by atoms with Crippen LogP contribution in [0.2, 0.25) is 0 Å². The highest BCUT2D eigenvalue weighted by molar-refractivity contribution is 7.86. The van der Waals surface area contributed by atoms with E-state index in [0.717, 1.165) is 37.5 Å². The molecule has 0 atom stereocenters. The first-order valence-corrected chi connectivity index (χ1v) is 10.4. The van der Waals surface area contributed by atoms with Crippen LogP contribution in [0.4, 0.5) is 4.79 Å². The number of amides is 1. The van der Waals surface area contributed by atoms with E-state index in [-0.39, 0.29) is 24.7 Å². The first kappa shape index (κ1) is 20.3. The maximum atomic E-state index is 12.3. The van der Waals surface area contributed by atoms with E-state index >= 15 is 0 Å². The van der Waals surface area contributed by atoms with Gasteiger partial charge in [0.15, 0.2) is 0 Å². The van der Waals surface area contributed by atoms with E-state index in [1.54, 1.807) is 24.1 Å². The van der Waals surface area contributed by atoms with Crippen LogP contribution in [0, 0.1) is 24.7 Å². The second-order valence-electron chi connectivity index (χ2n) is 6.58. The van der Waals surface area contributed by atoms with E-state index in [1.165, 1.54) is 0 Å². The molecule has 1 aliphatic rings. The van der Waals surface area contributed by atoms with Crippen molar-refractivity contribution >= 4 is 16.2 Å². The monoisotopic (exact) mass is 379 g/mol. The summed E-state index contributed by atoms with van der Waals surface area (Å²) in [5, 5.41) is 0. The first-order valence-electron chi connectivity index (χ1n) is 8.58. The number of nitrogens with zero attached hydrogens (tertiary/aromatic N) is 1. The van der Waals surface area contributed by atoms with Crippen LogP contribution in [0.5, 0.6) is 5.75 Å². The van der Waals surface area contributed by atoms with Gasteiger partial charge in [-0.25, -0.2) is 4.79 Å². The molecule has 1 aliphatic carbocycles. The second-order valence-corrected chi connectivity index (χ2v) is 8.23. The summed E-state index contributed by atoms with van der Waals surface area (Å²) in [6.45, 7) is 1.87. The van der Waals surface area contributed by atoms with Crippen molar-refractivity contribution in [1.82, 2.24) is 4.90 Å². The minimum absolute atomic E-state index is 0.110. The molecule has 142 valence electrons. The summed E-state index contributed by atoms with van der Waals surface area (Å²) >= 11 is 0. The molecule has 1 aromatic carbocycles. The molecule has 1 aromatic rings. The lowest BCUT2D eigenvalue weighted by atomic mass is 9.86. The first-order chi connectivity index (χ1) is 12.2. The molecule has 0 spiro atoms. The topological polar surface area (TPSA) is 72.9 Å². The van der Waals surface area contributed by atoms with Gasteiger partial charge in [0.1, 0.15) is 12.4 Å². The molecule has 0 saturated heterocycles. The zero-order chi connectivity index (χ0) is 19.2. The van der Waals surface area contributed by atoms with E-state index in [2.05, 4.69) is 16.0 Å². The van der Waals surface area contributed by atoms with Crippen molar-refractivity contribution < 1.29 is 22.1 Å². The van der Waals surface area contributed by atoms with Crippen molar-refractivity contribution in [3.05, 3.63) is 29.8 Å². The molecule has 7 heteroatoms. The Labute approximate surface area is 155 Å². The maximum absolute atomic E-state index is 12.3. The van der Waals surface area contributed by atoms with Crippen molar-refractivity contribution in [2.45, 2.75) is 38.6 Å². The molecule has 1 fully saturated rings. The SMILES string of the molecule is Cc1ccc(OC(=O)N(C)C2CCC(C#CCOS(C)(=O)=O)CC2)cc1. The number of hydrogen-bond acceptors (Lipinski definition) is 5. The molecule has 1 saturated carbocycles. The number of carbonyl (C=O) groups is 1. The standard InChI is InChI=1S/C19H25NO5S/c1-15-6-12-18(13-7-15)25-19(21)20(2)17-10-8-16(9-11-17)5-4-14-24-26(3,22)23/h6-7,12-13,16-17H,8-11,14H2,1-3H3. The largest absolute Gasteiger partial charge is 0.415 e. The molecule has 6 nitrogen and oxygen atoms in total. The highest BCUT2D eigenvalue weighted by Gasteiger charge is 2.26. The van der Waals surface area contributed by atoms with E-state index in [0.29, 0.717) is 5.75 Å². The Morgan fingerprint density at radius 3 is 2.38 bits per heavy atom. The van der Waals surface area contributed by atoms with E-state index < -0.39 is 10.1 Å². The molecule has 0 aliphatic heterocycles. The van der Waals surface area contributed by atoms with Crippen LogP contribution < -0.4 is 4.74 Å². The minimum atomic E-state index is -3.45. The minimum Gasteiger partial charge on any atom is -0.410 e. The number of carbonyl (C=O) groups excluding carboxylic acids is 1. The highest BCUT2D eigenvalue weighted by atomic mass is 32.2. The van der Waals surface area contributed by atoms with Crippen LogP contribution in [-0.4, -0.2) is 45.4 Å². The molecule has 26 heavy (non-hydrogen) atoms. The van der Waals surface area contributed by atoms with Gasteiger partial charge in [-0.2, -0.15) is 8.42 Å². The predicted molar refractivity (Wildman–Crippen MR) is 99.3 cm³/mol. The molecule has 0 aromatic heterocycles. The fraction of sp³-hybridized carbons (Fsp3) is 0.526. The van der Waals surface area contributed by atoms with Gasteiger partial charge in [-0.1, -0.05) is 29.5 Å². The Hall–Kier alpha value is -2.04. The van der Waals surface area contributed by atoms with Gasteiger partial charge in [0.25, 0.3) is 10.1 Å². The second kappa shape index (κ2) is 9.06. The molecule has 0 heterocycles. The third kappa shape index (κ3) is 6.70. The number of aryl methyl sites for hydroxylation is 1. The molecule has 0 unspecified atom stereocenters. The van der Waals surface area contributed by atoms with Gasteiger partial charge in [-0.3, -0.25) is 4.18 Å². The Bertz CT molecular complexity index is 768. The van der Waals surface area contributed by atoms with E-state index in [1.807, 2.05) is 19.1 Å². The number of benzene rings is 1. The predicted octanol–water partition coefficient (Wildman–Crippen LogP) is 2.96. The fourth-order valence-corrected chi connectivity index (χ4v) is 3.13. The molecule has 2 rings (SSSR count). The Kier molecular flexibility index (Phi) is 7.06. The average Bonchev–Trinajstić information content (AvgIpc) is 2.60. The lowest BCUT2D eigenvalue weighted by Crippen LogP contribution is -2.40. The van der Waals surface area contributed by atoms with Gasteiger partial charge in [0, 0.05) is 19.0 Å². The van der Waals surface area contributed by atoms with Crippen molar-refractivity contribution in [3.8, 4) is 17.6 Å². The van der Waals surface area contributed by atoms with Crippen LogP contribution in [0.25, 0.3) is 0 Å². The van der Waals surface area contributed by atoms with Crippen LogP contribution >= 0.6 is 0 Å². The molecular formula is C19H25NO5S. The summed E-state index contributed by atoms with van der Waals surface area (Å²) in [4.78, 5) is 13.9. The van der Waals surface area contributed by atoms with E-state index in [4.69, 9.17) is 4.74 Å². The number of hydrogen-bond donors (Lipinski definition) is 0. The average molecular weight is 379 g/mol. The van der Waals surface area contributed by atoms with Gasteiger partial charge in [-0.15, -0.1) is 0 Å². The van der Waals surface area contributed by atoms with Crippen LogP contribution in [0.15, 0.2) is 24.3 Å². The van der Waals surface area contributed by atoms with Gasteiger partial charge in [0.2, 0.25) is 0 Å². The van der Waals surface area contributed by atoms with Crippen molar-refractivity contribution in [2.24, 2.45) is 5.92 Å². The fourth-order valence-electron chi connectivity index (χ4n) is 2.86. The molecule has 1 amide bonds. The third-order valence-electron chi connectivity index (χ3n) is 4.41. The summed E-state index contributed by atoms with van der Waals surface area (Å²) in [7, 11) is -1.69. The Balaban J connectivity index is 1.78. The molecule has 0 bridgehead atoms. The summed E-state index contributed by atoms with van der Waals surface area (Å²) in [5.74, 6) is 6.56. The van der Waals surface area contributed by atoms with Gasteiger partial charge in [-0.05, 0) is 44.7 Å². The summed E-state index contributed by atoms with van der Waals surface area (Å²) in [6.07, 6.45) is 4.05. The van der Waals surface area contributed by atoms with Gasteiger partial charge < -0.3 is 9.64 Å². The quantitative estimate of drug-likeness (QED) is 0.594. The highest BCUT2D eigenvalue weighted by Crippen LogP contribution is 2.27. The van der Waals surface area contributed by atoms with Gasteiger partial charge in [0.05, 0.1) is 6.26 Å². The van der Waals surface area contributed by atoms with E-state index in [9.17, 15) is 13.2 Å². The molecule has 0 N–H and O–H groups in total. The molecule has 0 radical (unpaired) electrons. The summed E-state index contributed by atoms with van der Waals surface area (Å²) in [5.41, 5.74) is 1.11.